The van der Waals surface area contributed by atoms with E-state index in [2.05, 4.69) is 0 Å². The Morgan fingerprint density at radius 3 is 2.65 bits per heavy atom. The number of carbonyl (C=O) groups is 1. The average Bonchev–Trinajstić information content (AvgIpc) is 2.74. The molecular weight excluding hydrogens is 271 g/mol. The SMILES string of the molecule is CN1CCC(C(C(=O)O)c2cccc(C(F)(F)F)c2)C1. The fourth-order valence-corrected chi connectivity index (χ4v) is 2.77. The summed E-state index contributed by atoms with van der Waals surface area (Å²) >= 11 is 0. The molecule has 0 amide bonds. The van der Waals surface area contributed by atoms with Gasteiger partial charge in [-0.1, -0.05) is 18.2 Å². The second-order valence-electron chi connectivity index (χ2n) is 5.25. The summed E-state index contributed by atoms with van der Waals surface area (Å²) in [6.45, 7) is 1.36. The van der Waals surface area contributed by atoms with Crippen molar-refractivity contribution in [2.75, 3.05) is 20.1 Å². The number of halogens is 3. The number of rotatable bonds is 3. The molecule has 2 atom stereocenters. The quantitative estimate of drug-likeness (QED) is 0.929. The van der Waals surface area contributed by atoms with E-state index in [-0.39, 0.29) is 11.5 Å². The zero-order valence-corrected chi connectivity index (χ0v) is 11.0. The minimum absolute atomic E-state index is 0.152. The van der Waals surface area contributed by atoms with Crippen LogP contribution in [0.25, 0.3) is 0 Å². The lowest BCUT2D eigenvalue weighted by atomic mass is 9.85. The van der Waals surface area contributed by atoms with Crippen molar-refractivity contribution in [1.29, 1.82) is 0 Å². The molecule has 0 radical (unpaired) electrons. The smallest absolute Gasteiger partial charge is 0.416 e. The van der Waals surface area contributed by atoms with Crippen LogP contribution in [0.4, 0.5) is 13.2 Å². The van der Waals surface area contributed by atoms with E-state index in [1.807, 2.05) is 11.9 Å². The molecular formula is C14H16F3NO2. The first-order valence-electron chi connectivity index (χ1n) is 6.37. The highest BCUT2D eigenvalue weighted by atomic mass is 19.4. The molecule has 0 spiro atoms. The summed E-state index contributed by atoms with van der Waals surface area (Å²) in [6, 6.07) is 4.65. The minimum atomic E-state index is -4.45. The number of alkyl halides is 3. The maximum Gasteiger partial charge on any atom is 0.416 e. The van der Waals surface area contributed by atoms with Gasteiger partial charge in [0.25, 0.3) is 0 Å². The summed E-state index contributed by atoms with van der Waals surface area (Å²) in [7, 11) is 1.88. The standard InChI is InChI=1S/C14H16F3NO2/c1-18-6-5-10(8-18)12(13(19)20)9-3-2-4-11(7-9)14(15,16)17/h2-4,7,10,12H,5-6,8H2,1H3,(H,19,20). The monoisotopic (exact) mass is 287 g/mol. The van der Waals surface area contributed by atoms with Gasteiger partial charge in [0.2, 0.25) is 0 Å². The highest BCUT2D eigenvalue weighted by Crippen LogP contribution is 2.35. The molecule has 1 aliphatic rings. The van der Waals surface area contributed by atoms with Crippen molar-refractivity contribution in [3.63, 3.8) is 0 Å². The molecule has 6 heteroatoms. The molecule has 0 aromatic heterocycles. The van der Waals surface area contributed by atoms with E-state index in [1.165, 1.54) is 12.1 Å². The zero-order valence-electron chi connectivity index (χ0n) is 11.0. The molecule has 1 heterocycles. The van der Waals surface area contributed by atoms with Crippen LogP contribution in [0.5, 0.6) is 0 Å². The Balaban J connectivity index is 2.33. The topological polar surface area (TPSA) is 40.5 Å². The van der Waals surface area contributed by atoms with Gasteiger partial charge in [-0.3, -0.25) is 4.79 Å². The number of nitrogens with zero attached hydrogens (tertiary/aromatic N) is 1. The summed E-state index contributed by atoms with van der Waals surface area (Å²) < 4.78 is 38.1. The Labute approximate surface area is 115 Å². The fraction of sp³-hybridized carbons (Fsp3) is 0.500. The first kappa shape index (κ1) is 14.8. The molecule has 1 fully saturated rings. The second-order valence-corrected chi connectivity index (χ2v) is 5.25. The van der Waals surface area contributed by atoms with Crippen molar-refractivity contribution in [3.05, 3.63) is 35.4 Å². The van der Waals surface area contributed by atoms with E-state index in [0.717, 1.165) is 18.7 Å². The Kier molecular flexibility index (Phi) is 4.04. The Morgan fingerprint density at radius 2 is 2.15 bits per heavy atom. The Morgan fingerprint density at radius 1 is 1.45 bits per heavy atom. The molecule has 1 N–H and O–H groups in total. The van der Waals surface area contributed by atoms with E-state index in [4.69, 9.17) is 0 Å². The van der Waals surface area contributed by atoms with Gasteiger partial charge >= 0.3 is 12.1 Å². The van der Waals surface area contributed by atoms with Gasteiger partial charge in [0.15, 0.2) is 0 Å². The van der Waals surface area contributed by atoms with Crippen LogP contribution in [0.1, 0.15) is 23.5 Å². The molecule has 0 saturated carbocycles. The van der Waals surface area contributed by atoms with Crippen molar-refractivity contribution in [2.24, 2.45) is 5.92 Å². The largest absolute Gasteiger partial charge is 0.481 e. The van der Waals surface area contributed by atoms with Crippen LogP contribution in [0.15, 0.2) is 24.3 Å². The number of hydrogen-bond acceptors (Lipinski definition) is 2. The number of likely N-dealkylation sites (tertiary alicyclic amines) is 1. The van der Waals surface area contributed by atoms with Crippen LogP contribution >= 0.6 is 0 Å². The molecule has 0 bridgehead atoms. The zero-order chi connectivity index (χ0) is 14.9. The predicted octanol–water partition coefficient (Wildman–Crippen LogP) is 2.83. The van der Waals surface area contributed by atoms with Crippen LogP contribution in [0.3, 0.4) is 0 Å². The Bertz CT molecular complexity index is 501. The van der Waals surface area contributed by atoms with Crippen LogP contribution in [-0.4, -0.2) is 36.1 Å². The maximum absolute atomic E-state index is 12.7. The molecule has 1 aromatic carbocycles. The van der Waals surface area contributed by atoms with Gasteiger partial charge < -0.3 is 10.0 Å². The molecule has 2 rings (SSSR count). The molecule has 0 aliphatic carbocycles. The molecule has 20 heavy (non-hydrogen) atoms. The van der Waals surface area contributed by atoms with E-state index in [0.29, 0.717) is 13.0 Å². The van der Waals surface area contributed by atoms with Crippen LogP contribution in [-0.2, 0) is 11.0 Å². The van der Waals surface area contributed by atoms with E-state index in [9.17, 15) is 23.1 Å². The highest BCUT2D eigenvalue weighted by molar-refractivity contribution is 5.76. The van der Waals surface area contributed by atoms with Gasteiger partial charge in [-0.15, -0.1) is 0 Å². The first-order valence-corrected chi connectivity index (χ1v) is 6.37. The van der Waals surface area contributed by atoms with E-state index in [1.54, 1.807) is 0 Å². The van der Waals surface area contributed by atoms with Crippen LogP contribution in [0, 0.1) is 5.92 Å². The molecule has 1 aliphatic heterocycles. The third-order valence-corrected chi connectivity index (χ3v) is 3.74. The summed E-state index contributed by atoms with van der Waals surface area (Å²) in [4.78, 5) is 13.4. The maximum atomic E-state index is 12.7. The van der Waals surface area contributed by atoms with Crippen molar-refractivity contribution in [1.82, 2.24) is 4.90 Å². The Hall–Kier alpha value is -1.56. The summed E-state index contributed by atoms with van der Waals surface area (Å²) in [5.41, 5.74) is -0.569. The van der Waals surface area contributed by atoms with Gasteiger partial charge in [0.1, 0.15) is 0 Å². The number of hydrogen-bond donors (Lipinski definition) is 1. The van der Waals surface area contributed by atoms with Crippen molar-refractivity contribution in [2.45, 2.75) is 18.5 Å². The van der Waals surface area contributed by atoms with Crippen molar-refractivity contribution < 1.29 is 23.1 Å². The summed E-state index contributed by atoms with van der Waals surface area (Å²) in [5, 5.41) is 9.37. The number of aliphatic carboxylic acids is 1. The average molecular weight is 287 g/mol. The van der Waals surface area contributed by atoms with Gasteiger partial charge in [0.05, 0.1) is 11.5 Å². The number of carboxylic acids is 1. The van der Waals surface area contributed by atoms with Gasteiger partial charge in [-0.05, 0) is 37.6 Å². The third kappa shape index (κ3) is 3.12. The third-order valence-electron chi connectivity index (χ3n) is 3.74. The highest BCUT2D eigenvalue weighted by Gasteiger charge is 2.36. The van der Waals surface area contributed by atoms with Gasteiger partial charge in [-0.2, -0.15) is 13.2 Å². The fourth-order valence-electron chi connectivity index (χ4n) is 2.77. The molecule has 2 unspecified atom stereocenters. The summed E-state index contributed by atoms with van der Waals surface area (Å²) in [5.74, 6) is -2.10. The molecule has 1 saturated heterocycles. The van der Waals surface area contributed by atoms with Crippen LogP contribution in [0.2, 0.25) is 0 Å². The second kappa shape index (κ2) is 5.44. The lowest BCUT2D eigenvalue weighted by Gasteiger charge is -2.21. The summed E-state index contributed by atoms with van der Waals surface area (Å²) in [6.07, 6.45) is -3.77. The van der Waals surface area contributed by atoms with Crippen LogP contribution < -0.4 is 0 Å². The first-order chi connectivity index (χ1) is 9.29. The number of carboxylic acid groups (broad SMARTS) is 1. The molecule has 3 nitrogen and oxygen atoms in total. The number of benzene rings is 1. The van der Waals surface area contributed by atoms with E-state index >= 15 is 0 Å². The predicted molar refractivity (Wildman–Crippen MR) is 67.4 cm³/mol. The van der Waals surface area contributed by atoms with Gasteiger partial charge in [0, 0.05) is 6.54 Å². The van der Waals surface area contributed by atoms with E-state index < -0.39 is 23.6 Å². The van der Waals surface area contributed by atoms with Gasteiger partial charge in [-0.25, -0.2) is 0 Å². The lowest BCUT2D eigenvalue weighted by Crippen LogP contribution is -2.24. The lowest BCUT2D eigenvalue weighted by molar-refractivity contribution is -0.141. The van der Waals surface area contributed by atoms with Crippen molar-refractivity contribution >= 4 is 5.97 Å². The molecule has 1 aromatic rings. The minimum Gasteiger partial charge on any atom is -0.481 e. The normalized spacial score (nSPS) is 21.9. The molecule has 110 valence electrons. The van der Waals surface area contributed by atoms with Crippen molar-refractivity contribution in [3.8, 4) is 0 Å².